The van der Waals surface area contributed by atoms with Gasteiger partial charge in [0.15, 0.2) is 5.82 Å². The summed E-state index contributed by atoms with van der Waals surface area (Å²) in [5.41, 5.74) is 3.42. The van der Waals surface area contributed by atoms with Gasteiger partial charge in [0.05, 0.1) is 5.69 Å². The van der Waals surface area contributed by atoms with Crippen molar-refractivity contribution < 1.29 is 0 Å². The van der Waals surface area contributed by atoms with Gasteiger partial charge in [0.2, 0.25) is 0 Å². The Morgan fingerprint density at radius 3 is 2.72 bits per heavy atom. The number of aryl methyl sites for hydroxylation is 1. The minimum absolute atomic E-state index is 0.440. The minimum Gasteiger partial charge on any atom is -0.316 e. The van der Waals surface area contributed by atoms with E-state index in [9.17, 15) is 0 Å². The number of pyridine rings is 1. The third-order valence-corrected chi connectivity index (χ3v) is 2.91. The first kappa shape index (κ1) is 12.8. The zero-order chi connectivity index (χ0) is 13.1. The summed E-state index contributed by atoms with van der Waals surface area (Å²) in [5, 5.41) is 7.68. The Morgan fingerprint density at radius 1 is 1.39 bits per heavy atom. The fourth-order valence-corrected chi connectivity index (χ4v) is 1.93. The molecule has 0 atom stereocenters. The molecule has 0 aliphatic carbocycles. The summed E-state index contributed by atoms with van der Waals surface area (Å²) in [6, 6.07) is 4.20. The fraction of sp³-hybridized carbons (Fsp3) is 0.429. The van der Waals surface area contributed by atoms with Crippen LogP contribution in [0.15, 0.2) is 24.5 Å². The summed E-state index contributed by atoms with van der Waals surface area (Å²) in [7, 11) is 1.94. The Balaban J connectivity index is 2.32. The minimum atomic E-state index is 0.440. The van der Waals surface area contributed by atoms with Crippen LogP contribution in [-0.4, -0.2) is 21.8 Å². The SMILES string of the molecule is CNCc1cnc(-n2ccc(C(C)C)n2)c(C)c1. The maximum absolute atomic E-state index is 4.56. The average Bonchev–Trinajstić information content (AvgIpc) is 2.79. The Kier molecular flexibility index (Phi) is 3.77. The predicted octanol–water partition coefficient (Wildman–Crippen LogP) is 2.42. The largest absolute Gasteiger partial charge is 0.316 e. The van der Waals surface area contributed by atoms with E-state index in [1.165, 1.54) is 5.56 Å². The van der Waals surface area contributed by atoms with Gasteiger partial charge in [-0.25, -0.2) is 9.67 Å². The Morgan fingerprint density at radius 2 is 2.17 bits per heavy atom. The second-order valence-corrected chi connectivity index (χ2v) is 4.85. The van der Waals surface area contributed by atoms with Gasteiger partial charge in [-0.3, -0.25) is 0 Å². The summed E-state index contributed by atoms with van der Waals surface area (Å²) in [6.45, 7) is 7.19. The molecule has 0 fully saturated rings. The third-order valence-electron chi connectivity index (χ3n) is 2.91. The molecule has 0 amide bonds. The smallest absolute Gasteiger partial charge is 0.156 e. The Labute approximate surface area is 108 Å². The lowest BCUT2D eigenvalue weighted by Crippen LogP contribution is -2.08. The number of aromatic nitrogens is 3. The number of nitrogens with one attached hydrogen (secondary N) is 1. The molecule has 2 heterocycles. The van der Waals surface area contributed by atoms with Gasteiger partial charge >= 0.3 is 0 Å². The van der Waals surface area contributed by atoms with Crippen LogP contribution in [-0.2, 0) is 6.54 Å². The van der Waals surface area contributed by atoms with E-state index in [-0.39, 0.29) is 0 Å². The van der Waals surface area contributed by atoms with E-state index in [0.29, 0.717) is 5.92 Å². The maximum atomic E-state index is 4.56. The van der Waals surface area contributed by atoms with E-state index in [4.69, 9.17) is 0 Å². The van der Waals surface area contributed by atoms with Crippen molar-refractivity contribution in [3.63, 3.8) is 0 Å². The monoisotopic (exact) mass is 244 g/mol. The van der Waals surface area contributed by atoms with Crippen LogP contribution in [0.25, 0.3) is 5.82 Å². The van der Waals surface area contributed by atoms with Crippen LogP contribution in [0.3, 0.4) is 0 Å². The van der Waals surface area contributed by atoms with Gasteiger partial charge in [-0.15, -0.1) is 0 Å². The summed E-state index contributed by atoms with van der Waals surface area (Å²) >= 11 is 0. The fourth-order valence-electron chi connectivity index (χ4n) is 1.93. The molecule has 96 valence electrons. The molecular formula is C14H20N4. The van der Waals surface area contributed by atoms with E-state index in [1.54, 1.807) is 0 Å². The summed E-state index contributed by atoms with van der Waals surface area (Å²) in [6.07, 6.45) is 3.87. The Hall–Kier alpha value is -1.68. The average molecular weight is 244 g/mol. The number of hydrogen-bond acceptors (Lipinski definition) is 3. The van der Waals surface area contributed by atoms with Crippen molar-refractivity contribution in [1.29, 1.82) is 0 Å². The lowest BCUT2D eigenvalue weighted by atomic mass is 10.1. The standard InChI is InChI=1S/C14H20N4/c1-10(2)13-5-6-18(17-13)14-11(3)7-12(8-15-4)9-16-14/h5-7,9-10,15H,8H2,1-4H3. The molecule has 0 saturated carbocycles. The van der Waals surface area contributed by atoms with Crippen molar-refractivity contribution in [3.8, 4) is 5.82 Å². The number of nitrogens with zero attached hydrogens (tertiary/aromatic N) is 3. The molecular weight excluding hydrogens is 224 g/mol. The Bertz CT molecular complexity index is 528. The summed E-state index contributed by atoms with van der Waals surface area (Å²) < 4.78 is 1.85. The molecule has 0 aliphatic heterocycles. The van der Waals surface area contributed by atoms with Crippen LogP contribution in [0.4, 0.5) is 0 Å². The van der Waals surface area contributed by atoms with Crippen LogP contribution in [0, 0.1) is 6.92 Å². The molecule has 2 rings (SSSR count). The molecule has 18 heavy (non-hydrogen) atoms. The molecule has 2 aromatic heterocycles. The number of rotatable bonds is 4. The van der Waals surface area contributed by atoms with Gasteiger partial charge in [0.1, 0.15) is 0 Å². The first-order chi connectivity index (χ1) is 8.61. The summed E-state index contributed by atoms with van der Waals surface area (Å²) in [4.78, 5) is 4.50. The van der Waals surface area contributed by atoms with Crippen molar-refractivity contribution in [2.24, 2.45) is 0 Å². The van der Waals surface area contributed by atoms with Crippen LogP contribution >= 0.6 is 0 Å². The zero-order valence-electron chi connectivity index (χ0n) is 11.4. The van der Waals surface area contributed by atoms with Crippen molar-refractivity contribution in [1.82, 2.24) is 20.1 Å². The van der Waals surface area contributed by atoms with Crippen molar-refractivity contribution in [2.45, 2.75) is 33.2 Å². The van der Waals surface area contributed by atoms with Crippen molar-refractivity contribution in [3.05, 3.63) is 41.3 Å². The molecule has 0 aliphatic rings. The van der Waals surface area contributed by atoms with Crippen molar-refractivity contribution in [2.75, 3.05) is 7.05 Å². The van der Waals surface area contributed by atoms with Gasteiger partial charge in [-0.2, -0.15) is 5.10 Å². The molecule has 0 aromatic carbocycles. The lowest BCUT2D eigenvalue weighted by molar-refractivity contribution is 0.750. The van der Waals surface area contributed by atoms with Crippen molar-refractivity contribution >= 4 is 0 Å². The molecule has 0 unspecified atom stereocenters. The van der Waals surface area contributed by atoms with Crippen LogP contribution in [0.5, 0.6) is 0 Å². The van der Waals surface area contributed by atoms with Gasteiger partial charge < -0.3 is 5.32 Å². The van der Waals surface area contributed by atoms with E-state index in [1.807, 2.05) is 30.2 Å². The van der Waals surface area contributed by atoms with E-state index < -0.39 is 0 Å². The highest BCUT2D eigenvalue weighted by atomic mass is 15.3. The first-order valence-electron chi connectivity index (χ1n) is 6.28. The third kappa shape index (κ3) is 2.59. The van der Waals surface area contributed by atoms with Gasteiger partial charge in [-0.05, 0) is 43.1 Å². The van der Waals surface area contributed by atoms with Crippen LogP contribution < -0.4 is 5.32 Å². The van der Waals surface area contributed by atoms with E-state index in [2.05, 4.69) is 42.2 Å². The first-order valence-corrected chi connectivity index (χ1v) is 6.28. The highest BCUT2D eigenvalue weighted by Crippen LogP contribution is 2.16. The van der Waals surface area contributed by atoms with Crippen LogP contribution in [0.2, 0.25) is 0 Å². The molecule has 0 saturated heterocycles. The number of hydrogen-bond donors (Lipinski definition) is 1. The molecule has 2 aromatic rings. The quantitative estimate of drug-likeness (QED) is 0.898. The molecule has 4 nitrogen and oxygen atoms in total. The van der Waals surface area contributed by atoms with E-state index in [0.717, 1.165) is 23.6 Å². The topological polar surface area (TPSA) is 42.7 Å². The second kappa shape index (κ2) is 5.31. The molecule has 0 spiro atoms. The normalized spacial score (nSPS) is 11.2. The second-order valence-electron chi connectivity index (χ2n) is 4.85. The van der Waals surface area contributed by atoms with E-state index >= 15 is 0 Å². The van der Waals surface area contributed by atoms with Gasteiger partial charge in [-0.1, -0.05) is 13.8 Å². The highest BCUT2D eigenvalue weighted by Gasteiger charge is 2.08. The highest BCUT2D eigenvalue weighted by molar-refractivity contribution is 5.35. The van der Waals surface area contributed by atoms with Gasteiger partial charge in [0, 0.05) is 18.9 Å². The molecule has 4 heteroatoms. The van der Waals surface area contributed by atoms with Crippen LogP contribution in [0.1, 0.15) is 36.6 Å². The van der Waals surface area contributed by atoms with Gasteiger partial charge in [0.25, 0.3) is 0 Å². The maximum Gasteiger partial charge on any atom is 0.156 e. The lowest BCUT2D eigenvalue weighted by Gasteiger charge is -2.07. The summed E-state index contributed by atoms with van der Waals surface area (Å²) in [5.74, 6) is 1.34. The molecule has 1 N–H and O–H groups in total. The molecule has 0 bridgehead atoms. The predicted molar refractivity (Wildman–Crippen MR) is 72.9 cm³/mol. The zero-order valence-corrected chi connectivity index (χ0v) is 11.4. The molecule has 0 radical (unpaired) electrons.